The number of esters is 1. The van der Waals surface area contributed by atoms with Gasteiger partial charge in [-0.25, -0.2) is 4.79 Å². The zero-order valence-corrected chi connectivity index (χ0v) is 8.48. The van der Waals surface area contributed by atoms with Crippen LogP contribution >= 0.6 is 27.5 Å². The standard InChI is InChI=1S/C8H2BrClO3/c9-3-1-4-6(11)8(12)13-7(4)5(10)2-3/h1-2H. The molecule has 1 heterocycles. The van der Waals surface area contributed by atoms with Crippen LogP contribution in [0.15, 0.2) is 16.6 Å². The number of ketones is 1. The second-order valence-corrected chi connectivity index (χ2v) is 3.81. The van der Waals surface area contributed by atoms with Crippen molar-refractivity contribution < 1.29 is 14.3 Å². The van der Waals surface area contributed by atoms with E-state index in [1.54, 1.807) is 6.07 Å². The second-order valence-electron chi connectivity index (χ2n) is 2.48. The first kappa shape index (κ1) is 8.72. The van der Waals surface area contributed by atoms with Crippen LogP contribution < -0.4 is 4.74 Å². The molecule has 1 aliphatic heterocycles. The summed E-state index contributed by atoms with van der Waals surface area (Å²) >= 11 is 8.91. The molecule has 66 valence electrons. The molecule has 0 bridgehead atoms. The number of carbonyl (C=O) groups is 2. The molecule has 1 aliphatic rings. The van der Waals surface area contributed by atoms with Gasteiger partial charge < -0.3 is 4.74 Å². The van der Waals surface area contributed by atoms with Gasteiger partial charge >= 0.3 is 5.97 Å². The number of Topliss-reactive ketones (excluding diaryl/α,β-unsaturated/α-hetero) is 1. The average molecular weight is 261 g/mol. The molecule has 0 saturated heterocycles. The Morgan fingerprint density at radius 1 is 1.31 bits per heavy atom. The Kier molecular flexibility index (Phi) is 1.89. The van der Waals surface area contributed by atoms with Crippen molar-refractivity contribution in [3.8, 4) is 5.75 Å². The maximum absolute atomic E-state index is 11.1. The predicted molar refractivity (Wildman–Crippen MR) is 49.1 cm³/mol. The van der Waals surface area contributed by atoms with Crippen LogP contribution in [0.5, 0.6) is 5.75 Å². The van der Waals surface area contributed by atoms with E-state index in [2.05, 4.69) is 20.7 Å². The third-order valence-electron chi connectivity index (χ3n) is 1.63. The summed E-state index contributed by atoms with van der Waals surface area (Å²) in [6.45, 7) is 0. The van der Waals surface area contributed by atoms with Crippen LogP contribution in [0.25, 0.3) is 0 Å². The lowest BCUT2D eigenvalue weighted by Gasteiger charge is -1.98. The maximum Gasteiger partial charge on any atom is 0.385 e. The minimum Gasteiger partial charge on any atom is -0.418 e. The van der Waals surface area contributed by atoms with Crippen LogP contribution in [-0.2, 0) is 4.79 Å². The molecule has 0 saturated carbocycles. The van der Waals surface area contributed by atoms with Crippen LogP contribution in [0, 0.1) is 0 Å². The van der Waals surface area contributed by atoms with Crippen LogP contribution in [0.1, 0.15) is 10.4 Å². The minimum atomic E-state index is -0.880. The van der Waals surface area contributed by atoms with Crippen LogP contribution in [0.3, 0.4) is 0 Å². The summed E-state index contributed by atoms with van der Waals surface area (Å²) in [4.78, 5) is 22.0. The van der Waals surface area contributed by atoms with Crippen LogP contribution in [0.4, 0.5) is 0 Å². The number of benzene rings is 1. The van der Waals surface area contributed by atoms with Crippen molar-refractivity contribution in [3.63, 3.8) is 0 Å². The topological polar surface area (TPSA) is 43.4 Å². The molecule has 1 aromatic carbocycles. The Morgan fingerprint density at radius 2 is 2.00 bits per heavy atom. The van der Waals surface area contributed by atoms with E-state index in [0.29, 0.717) is 4.47 Å². The zero-order valence-electron chi connectivity index (χ0n) is 6.14. The molecule has 2 rings (SSSR count). The summed E-state index contributed by atoms with van der Waals surface area (Å²) in [5.41, 5.74) is 0.212. The number of fused-ring (bicyclic) bond motifs is 1. The number of halogens is 2. The van der Waals surface area contributed by atoms with E-state index in [9.17, 15) is 9.59 Å². The van der Waals surface area contributed by atoms with E-state index in [4.69, 9.17) is 11.6 Å². The van der Waals surface area contributed by atoms with Gasteiger partial charge in [-0.3, -0.25) is 4.79 Å². The molecule has 0 aromatic heterocycles. The molecular weight excluding hydrogens is 259 g/mol. The van der Waals surface area contributed by atoms with E-state index < -0.39 is 11.8 Å². The molecule has 3 nitrogen and oxygen atoms in total. The SMILES string of the molecule is O=C1Oc2c(Cl)cc(Br)cc2C1=O. The maximum atomic E-state index is 11.1. The molecule has 0 spiro atoms. The fourth-order valence-corrected chi connectivity index (χ4v) is 1.93. The van der Waals surface area contributed by atoms with Crippen molar-refractivity contribution in [2.45, 2.75) is 0 Å². The van der Waals surface area contributed by atoms with E-state index in [0.717, 1.165) is 0 Å². The lowest BCUT2D eigenvalue weighted by molar-refractivity contribution is -0.128. The van der Waals surface area contributed by atoms with Gasteiger partial charge in [0.25, 0.3) is 5.78 Å². The zero-order chi connectivity index (χ0) is 9.59. The Labute approximate surface area is 86.8 Å². The summed E-state index contributed by atoms with van der Waals surface area (Å²) in [6, 6.07) is 3.07. The second kappa shape index (κ2) is 2.82. The molecule has 0 radical (unpaired) electrons. The van der Waals surface area contributed by atoms with Gasteiger partial charge in [-0.15, -0.1) is 0 Å². The number of hydrogen-bond acceptors (Lipinski definition) is 3. The highest BCUT2D eigenvalue weighted by Crippen LogP contribution is 2.36. The lowest BCUT2D eigenvalue weighted by atomic mass is 10.1. The van der Waals surface area contributed by atoms with Crippen molar-refractivity contribution in [2.24, 2.45) is 0 Å². The lowest BCUT2D eigenvalue weighted by Crippen LogP contribution is -2.10. The third-order valence-corrected chi connectivity index (χ3v) is 2.37. The van der Waals surface area contributed by atoms with Crippen LogP contribution in [-0.4, -0.2) is 11.8 Å². The largest absolute Gasteiger partial charge is 0.418 e. The first-order valence-corrected chi connectivity index (χ1v) is 4.52. The number of ether oxygens (including phenoxy) is 1. The molecule has 0 fully saturated rings. The predicted octanol–water partition coefficient (Wildman–Crippen LogP) is 2.20. The van der Waals surface area contributed by atoms with Gasteiger partial charge in [-0.05, 0) is 12.1 Å². The van der Waals surface area contributed by atoms with Gasteiger partial charge in [0.1, 0.15) is 0 Å². The Balaban J connectivity index is 2.70. The van der Waals surface area contributed by atoms with Crippen molar-refractivity contribution in [1.82, 2.24) is 0 Å². The van der Waals surface area contributed by atoms with E-state index in [1.165, 1.54) is 6.07 Å². The van der Waals surface area contributed by atoms with E-state index in [-0.39, 0.29) is 16.3 Å². The quantitative estimate of drug-likeness (QED) is 0.408. The fraction of sp³-hybridized carbons (Fsp3) is 0. The highest BCUT2D eigenvalue weighted by molar-refractivity contribution is 9.10. The molecular formula is C8H2BrClO3. The van der Waals surface area contributed by atoms with Gasteiger partial charge in [-0.1, -0.05) is 27.5 Å². The molecule has 1 aromatic rings. The van der Waals surface area contributed by atoms with Gasteiger partial charge in [-0.2, -0.15) is 0 Å². The first-order chi connectivity index (χ1) is 6.09. The molecule has 0 aliphatic carbocycles. The van der Waals surface area contributed by atoms with Crippen molar-refractivity contribution in [2.75, 3.05) is 0 Å². The van der Waals surface area contributed by atoms with Gasteiger partial charge in [0, 0.05) is 4.47 Å². The van der Waals surface area contributed by atoms with Gasteiger partial charge in [0.05, 0.1) is 10.6 Å². The van der Waals surface area contributed by atoms with Gasteiger partial charge in [0.15, 0.2) is 5.75 Å². The Hall–Kier alpha value is -0.870. The first-order valence-electron chi connectivity index (χ1n) is 3.35. The summed E-state index contributed by atoms with van der Waals surface area (Å²) in [5, 5.41) is 0.253. The fourth-order valence-electron chi connectivity index (χ4n) is 1.08. The van der Waals surface area contributed by atoms with E-state index in [1.807, 2.05) is 0 Å². The molecule has 13 heavy (non-hydrogen) atoms. The van der Waals surface area contributed by atoms with Gasteiger partial charge in [0.2, 0.25) is 0 Å². The monoisotopic (exact) mass is 260 g/mol. The summed E-state index contributed by atoms with van der Waals surface area (Å²) in [7, 11) is 0. The highest BCUT2D eigenvalue weighted by Gasteiger charge is 2.32. The van der Waals surface area contributed by atoms with Crippen molar-refractivity contribution in [1.29, 1.82) is 0 Å². The molecule has 0 N–H and O–H groups in total. The molecule has 0 amide bonds. The van der Waals surface area contributed by atoms with Crippen molar-refractivity contribution >= 4 is 39.3 Å². The summed E-state index contributed by atoms with van der Waals surface area (Å²) < 4.78 is 5.31. The normalized spacial score (nSPS) is 14.3. The summed E-state index contributed by atoms with van der Waals surface area (Å²) in [6.07, 6.45) is 0. The van der Waals surface area contributed by atoms with E-state index >= 15 is 0 Å². The third kappa shape index (κ3) is 1.26. The highest BCUT2D eigenvalue weighted by atomic mass is 79.9. The minimum absolute atomic E-state index is 0.153. The molecule has 0 atom stereocenters. The molecule has 0 unspecified atom stereocenters. The smallest absolute Gasteiger partial charge is 0.385 e. The van der Waals surface area contributed by atoms with Crippen LogP contribution in [0.2, 0.25) is 5.02 Å². The summed E-state index contributed by atoms with van der Waals surface area (Å²) in [5.74, 6) is -1.38. The number of rotatable bonds is 0. The van der Waals surface area contributed by atoms with Crippen molar-refractivity contribution in [3.05, 3.63) is 27.2 Å². The average Bonchev–Trinajstić information content (AvgIpc) is 2.32. The Bertz CT molecular complexity index is 428. The Morgan fingerprint density at radius 3 is 2.69 bits per heavy atom. The molecule has 5 heteroatoms. The number of carbonyl (C=O) groups excluding carboxylic acids is 2. The number of hydrogen-bond donors (Lipinski definition) is 0.